The number of esters is 2. The molecule has 0 heterocycles. The van der Waals surface area contributed by atoms with E-state index in [1.807, 2.05) is 22.6 Å². The number of benzene rings is 1. The minimum absolute atomic E-state index is 0.0721. The Hall–Kier alpha value is -2.10. The van der Waals surface area contributed by atoms with Crippen molar-refractivity contribution >= 4 is 46.2 Å². The highest BCUT2D eigenvalue weighted by molar-refractivity contribution is 14.1. The topological polar surface area (TPSA) is 102 Å². The highest BCUT2D eigenvalue weighted by Crippen LogP contribution is 2.23. The molecule has 1 aromatic rings. The van der Waals surface area contributed by atoms with E-state index in [0.717, 1.165) is 13.2 Å². The molecule has 8 heteroatoms. The van der Waals surface area contributed by atoms with Crippen molar-refractivity contribution in [3.05, 3.63) is 39.1 Å². The van der Waals surface area contributed by atoms with Gasteiger partial charge in [-0.05, 0) is 34.7 Å². The van der Waals surface area contributed by atoms with Gasteiger partial charge in [0.1, 0.15) is 5.70 Å². The maximum Gasteiger partial charge on any atom is 0.354 e. The zero-order valence-corrected chi connectivity index (χ0v) is 13.3. The molecule has 0 spiro atoms. The Morgan fingerprint density at radius 3 is 2.43 bits per heavy atom. The van der Waals surface area contributed by atoms with Gasteiger partial charge in [0.25, 0.3) is 0 Å². The van der Waals surface area contributed by atoms with Crippen molar-refractivity contribution in [1.29, 1.82) is 0 Å². The van der Waals surface area contributed by atoms with Gasteiger partial charge in [-0.2, -0.15) is 0 Å². The monoisotopic (exact) mass is 405 g/mol. The number of ether oxygens (including phenoxy) is 2. The van der Waals surface area contributed by atoms with Crippen LogP contribution >= 0.6 is 22.6 Å². The third kappa shape index (κ3) is 4.45. The van der Waals surface area contributed by atoms with Gasteiger partial charge in [-0.25, -0.2) is 14.4 Å². The lowest BCUT2D eigenvalue weighted by atomic mass is 10.2. The van der Waals surface area contributed by atoms with Crippen LogP contribution in [0.4, 0.5) is 5.69 Å². The molecule has 0 bridgehead atoms. The molecular weight excluding hydrogens is 393 g/mol. The molecule has 7 nitrogen and oxygen atoms in total. The van der Waals surface area contributed by atoms with Crippen molar-refractivity contribution in [3.8, 4) is 0 Å². The van der Waals surface area contributed by atoms with Crippen LogP contribution in [0.2, 0.25) is 0 Å². The van der Waals surface area contributed by atoms with Crippen molar-refractivity contribution in [3.63, 3.8) is 0 Å². The number of carbonyl (C=O) groups is 3. The van der Waals surface area contributed by atoms with Crippen molar-refractivity contribution < 1.29 is 29.0 Å². The van der Waals surface area contributed by atoms with Crippen LogP contribution in [-0.2, 0) is 19.1 Å². The molecule has 0 atom stereocenters. The number of nitrogens with one attached hydrogen (secondary N) is 1. The molecule has 0 unspecified atom stereocenters. The fraction of sp³-hybridized carbons (Fsp3) is 0.154. The van der Waals surface area contributed by atoms with Crippen molar-refractivity contribution in [2.24, 2.45) is 0 Å². The predicted octanol–water partition coefficient (Wildman–Crippen LogP) is 1.63. The van der Waals surface area contributed by atoms with E-state index in [1.54, 1.807) is 6.07 Å². The Balaban J connectivity index is 3.19. The van der Waals surface area contributed by atoms with E-state index < -0.39 is 17.9 Å². The molecule has 1 rings (SSSR count). The maximum absolute atomic E-state index is 11.6. The fourth-order valence-electron chi connectivity index (χ4n) is 1.37. The summed E-state index contributed by atoms with van der Waals surface area (Å²) in [4.78, 5) is 33.9. The molecular formula is C13H12INO6. The van der Waals surface area contributed by atoms with Crippen molar-refractivity contribution in [2.75, 3.05) is 19.5 Å². The summed E-state index contributed by atoms with van der Waals surface area (Å²) in [5.74, 6) is -2.62. The van der Waals surface area contributed by atoms with E-state index >= 15 is 0 Å². The molecule has 0 aliphatic rings. The van der Waals surface area contributed by atoms with E-state index in [0.29, 0.717) is 9.26 Å². The van der Waals surface area contributed by atoms with Gasteiger partial charge in [-0.1, -0.05) is 6.07 Å². The molecule has 0 aliphatic carbocycles. The molecule has 0 radical (unpaired) electrons. The van der Waals surface area contributed by atoms with Gasteiger partial charge < -0.3 is 19.9 Å². The van der Waals surface area contributed by atoms with Gasteiger partial charge in [-0.15, -0.1) is 0 Å². The van der Waals surface area contributed by atoms with Crippen LogP contribution in [0.25, 0.3) is 0 Å². The Labute approximate surface area is 134 Å². The van der Waals surface area contributed by atoms with Gasteiger partial charge >= 0.3 is 17.9 Å². The lowest BCUT2D eigenvalue weighted by Gasteiger charge is -2.12. The zero-order chi connectivity index (χ0) is 16.0. The normalized spacial score (nSPS) is 10.7. The average Bonchev–Trinajstić information content (AvgIpc) is 2.47. The molecule has 0 aromatic heterocycles. The minimum Gasteiger partial charge on any atom is -0.478 e. The predicted molar refractivity (Wildman–Crippen MR) is 81.9 cm³/mol. The van der Waals surface area contributed by atoms with E-state index in [9.17, 15) is 14.4 Å². The number of carboxylic acid groups (broad SMARTS) is 1. The van der Waals surface area contributed by atoms with Gasteiger partial charge in [-0.3, -0.25) is 0 Å². The Bertz CT molecular complexity index is 611. The molecule has 0 saturated heterocycles. The molecule has 2 N–H and O–H groups in total. The summed E-state index contributed by atoms with van der Waals surface area (Å²) in [6, 6.07) is 4.51. The third-order valence-electron chi connectivity index (χ3n) is 2.37. The van der Waals surface area contributed by atoms with Gasteiger partial charge in [0, 0.05) is 0 Å². The van der Waals surface area contributed by atoms with Crippen LogP contribution in [0.1, 0.15) is 10.4 Å². The lowest BCUT2D eigenvalue weighted by molar-refractivity contribution is -0.138. The largest absolute Gasteiger partial charge is 0.478 e. The smallest absolute Gasteiger partial charge is 0.354 e. The molecule has 0 amide bonds. The summed E-state index contributed by atoms with van der Waals surface area (Å²) in [5.41, 5.74) is 0.267. The maximum atomic E-state index is 11.6. The second kappa shape index (κ2) is 7.62. The summed E-state index contributed by atoms with van der Waals surface area (Å²) < 4.78 is 9.39. The van der Waals surface area contributed by atoms with Gasteiger partial charge in [0.05, 0.1) is 35.1 Å². The first-order valence-electron chi connectivity index (χ1n) is 5.57. The van der Waals surface area contributed by atoms with Crippen LogP contribution in [0.15, 0.2) is 30.0 Å². The van der Waals surface area contributed by atoms with Gasteiger partial charge in [0.15, 0.2) is 0 Å². The Morgan fingerprint density at radius 1 is 1.24 bits per heavy atom. The average molecular weight is 405 g/mol. The first kappa shape index (κ1) is 17.0. The number of rotatable bonds is 5. The molecule has 112 valence electrons. The molecule has 21 heavy (non-hydrogen) atoms. The fourth-order valence-corrected chi connectivity index (χ4v) is 2.10. The number of methoxy groups -OCH3 is 2. The van der Waals surface area contributed by atoms with E-state index in [2.05, 4.69) is 14.8 Å². The van der Waals surface area contributed by atoms with Crippen molar-refractivity contribution in [2.45, 2.75) is 0 Å². The second-order valence-corrected chi connectivity index (χ2v) is 4.75. The molecule has 0 aliphatic heterocycles. The molecule has 0 fully saturated rings. The Morgan fingerprint density at radius 2 is 1.90 bits per heavy atom. The Kier molecular flexibility index (Phi) is 6.15. The van der Waals surface area contributed by atoms with Crippen LogP contribution < -0.4 is 5.32 Å². The first-order valence-corrected chi connectivity index (χ1v) is 6.65. The second-order valence-electron chi connectivity index (χ2n) is 3.67. The van der Waals surface area contributed by atoms with Crippen LogP contribution in [0, 0.1) is 3.57 Å². The highest BCUT2D eigenvalue weighted by atomic mass is 127. The number of hydrogen-bond acceptors (Lipinski definition) is 6. The van der Waals surface area contributed by atoms with Crippen LogP contribution in [-0.4, -0.2) is 37.2 Å². The highest BCUT2D eigenvalue weighted by Gasteiger charge is 2.17. The van der Waals surface area contributed by atoms with Crippen molar-refractivity contribution in [1.82, 2.24) is 0 Å². The molecule has 0 saturated carbocycles. The third-order valence-corrected chi connectivity index (χ3v) is 3.53. The van der Waals surface area contributed by atoms with E-state index in [4.69, 9.17) is 5.11 Å². The number of carboxylic acids is 1. The van der Waals surface area contributed by atoms with Crippen LogP contribution in [0.5, 0.6) is 0 Å². The number of carbonyl (C=O) groups excluding carboxylic acids is 2. The number of anilines is 1. The SMILES string of the molecule is COC(=O)/C=C(/Nc1cccc(C(=O)O)c1I)C(=O)OC. The summed E-state index contributed by atoms with van der Waals surface area (Å²) in [7, 11) is 2.33. The standard InChI is InChI=1S/C13H12INO6/c1-20-10(16)6-9(13(19)21-2)15-8-5-3-4-7(11(8)14)12(17)18/h3-6,15H,1-2H3,(H,17,18)/b9-6+. The zero-order valence-electron chi connectivity index (χ0n) is 11.2. The summed E-state index contributed by atoms with van der Waals surface area (Å²) in [6.07, 6.45) is 0.926. The van der Waals surface area contributed by atoms with Gasteiger partial charge in [0.2, 0.25) is 0 Å². The minimum atomic E-state index is -1.10. The van der Waals surface area contributed by atoms with E-state index in [1.165, 1.54) is 19.2 Å². The molecule has 1 aromatic carbocycles. The summed E-state index contributed by atoms with van der Waals surface area (Å²) >= 11 is 1.83. The summed E-state index contributed by atoms with van der Waals surface area (Å²) in [5, 5.41) is 11.7. The lowest BCUT2D eigenvalue weighted by Crippen LogP contribution is -2.16. The van der Waals surface area contributed by atoms with Crippen LogP contribution in [0.3, 0.4) is 0 Å². The number of halogens is 1. The summed E-state index contributed by atoms with van der Waals surface area (Å²) in [6.45, 7) is 0. The first-order chi connectivity index (χ1) is 9.90. The van der Waals surface area contributed by atoms with E-state index in [-0.39, 0.29) is 11.3 Å². The quantitative estimate of drug-likeness (QED) is 0.436. The number of aromatic carboxylic acids is 1. The number of hydrogen-bond donors (Lipinski definition) is 2.